The van der Waals surface area contributed by atoms with Gasteiger partial charge in [0.2, 0.25) is 5.91 Å². The van der Waals surface area contributed by atoms with E-state index >= 15 is 0 Å². The lowest BCUT2D eigenvalue weighted by molar-refractivity contribution is -0.115. The molecule has 0 radical (unpaired) electrons. The molecule has 1 aromatic heterocycles. The standard InChI is InChI=1S/C13H12N4O/c1-17-9-11(8-14)13(16-17)15-12(18)7-10-5-3-2-4-6-10/h2-6,9H,7H2,1H3,(H,15,16,18). The van der Waals surface area contributed by atoms with E-state index in [4.69, 9.17) is 5.26 Å². The second kappa shape index (κ2) is 5.15. The molecule has 0 saturated carbocycles. The van der Waals surface area contributed by atoms with Gasteiger partial charge in [-0.1, -0.05) is 30.3 Å². The lowest BCUT2D eigenvalue weighted by atomic mass is 10.1. The van der Waals surface area contributed by atoms with Crippen molar-refractivity contribution < 1.29 is 4.79 Å². The van der Waals surface area contributed by atoms with Crippen LogP contribution < -0.4 is 5.32 Å². The molecule has 5 nitrogen and oxygen atoms in total. The van der Waals surface area contributed by atoms with E-state index < -0.39 is 0 Å². The molecule has 2 rings (SSSR count). The van der Waals surface area contributed by atoms with E-state index in [2.05, 4.69) is 10.4 Å². The number of nitrogens with zero attached hydrogens (tertiary/aromatic N) is 3. The van der Waals surface area contributed by atoms with E-state index in [0.29, 0.717) is 11.4 Å². The van der Waals surface area contributed by atoms with Crippen molar-refractivity contribution >= 4 is 11.7 Å². The largest absolute Gasteiger partial charge is 0.308 e. The molecule has 0 aliphatic rings. The molecule has 0 bridgehead atoms. The molecule has 0 fully saturated rings. The normalized spacial score (nSPS) is 9.78. The molecule has 0 spiro atoms. The summed E-state index contributed by atoms with van der Waals surface area (Å²) in [5, 5.41) is 15.5. The summed E-state index contributed by atoms with van der Waals surface area (Å²) in [7, 11) is 1.70. The number of rotatable bonds is 3. The van der Waals surface area contributed by atoms with Gasteiger partial charge in [0.15, 0.2) is 5.82 Å². The van der Waals surface area contributed by atoms with Crippen molar-refractivity contribution in [2.45, 2.75) is 6.42 Å². The quantitative estimate of drug-likeness (QED) is 0.883. The molecule has 1 heterocycles. The molecule has 2 aromatic rings. The number of benzene rings is 1. The van der Waals surface area contributed by atoms with Gasteiger partial charge in [-0.25, -0.2) is 0 Å². The van der Waals surface area contributed by atoms with E-state index in [1.165, 1.54) is 4.68 Å². The van der Waals surface area contributed by atoms with Crippen molar-refractivity contribution in [3.8, 4) is 6.07 Å². The molecule has 90 valence electrons. The Morgan fingerprint density at radius 2 is 2.17 bits per heavy atom. The summed E-state index contributed by atoms with van der Waals surface area (Å²) in [5.74, 6) is 0.123. The van der Waals surface area contributed by atoms with Crippen molar-refractivity contribution in [1.29, 1.82) is 5.26 Å². The minimum Gasteiger partial charge on any atom is -0.308 e. The zero-order valence-electron chi connectivity index (χ0n) is 9.92. The van der Waals surface area contributed by atoms with Crippen molar-refractivity contribution in [2.75, 3.05) is 5.32 Å². The van der Waals surface area contributed by atoms with Crippen LogP contribution in [0, 0.1) is 11.3 Å². The fourth-order valence-electron chi connectivity index (χ4n) is 1.62. The highest BCUT2D eigenvalue weighted by Crippen LogP contribution is 2.11. The van der Waals surface area contributed by atoms with Crippen LogP contribution in [-0.4, -0.2) is 15.7 Å². The van der Waals surface area contributed by atoms with Crippen molar-refractivity contribution in [2.24, 2.45) is 7.05 Å². The first kappa shape index (κ1) is 11.9. The third-order valence-corrected chi connectivity index (χ3v) is 2.41. The predicted octanol–water partition coefficient (Wildman–Crippen LogP) is 1.47. The van der Waals surface area contributed by atoms with Gasteiger partial charge in [0, 0.05) is 13.2 Å². The Hall–Kier alpha value is -2.61. The molecule has 18 heavy (non-hydrogen) atoms. The molecule has 5 heteroatoms. The van der Waals surface area contributed by atoms with Gasteiger partial charge in [-0.2, -0.15) is 10.4 Å². The summed E-state index contributed by atoms with van der Waals surface area (Å²) in [5.41, 5.74) is 1.28. The van der Waals surface area contributed by atoms with Crippen LogP contribution in [0.25, 0.3) is 0 Å². The highest BCUT2D eigenvalue weighted by atomic mass is 16.1. The Bertz CT molecular complexity index is 595. The van der Waals surface area contributed by atoms with Gasteiger partial charge in [0.25, 0.3) is 0 Å². The number of anilines is 1. The number of nitriles is 1. The van der Waals surface area contributed by atoms with Crippen LogP contribution in [0.1, 0.15) is 11.1 Å². The topological polar surface area (TPSA) is 70.7 Å². The number of amides is 1. The fourth-order valence-corrected chi connectivity index (χ4v) is 1.62. The Morgan fingerprint density at radius 3 is 2.83 bits per heavy atom. The maximum absolute atomic E-state index is 11.8. The second-order valence-electron chi connectivity index (χ2n) is 3.89. The summed E-state index contributed by atoms with van der Waals surface area (Å²) < 4.78 is 1.50. The number of hydrogen-bond donors (Lipinski definition) is 1. The predicted molar refractivity (Wildman–Crippen MR) is 66.7 cm³/mol. The molecular formula is C13H12N4O. The lowest BCUT2D eigenvalue weighted by Gasteiger charge is -2.02. The van der Waals surface area contributed by atoms with Crippen LogP contribution in [-0.2, 0) is 18.3 Å². The van der Waals surface area contributed by atoms with Crippen LogP contribution in [0.5, 0.6) is 0 Å². The van der Waals surface area contributed by atoms with Gasteiger partial charge < -0.3 is 5.32 Å². The molecular weight excluding hydrogens is 228 g/mol. The number of carbonyl (C=O) groups is 1. The maximum atomic E-state index is 11.8. The molecule has 1 aromatic carbocycles. The van der Waals surface area contributed by atoms with E-state index in [1.54, 1.807) is 13.2 Å². The highest BCUT2D eigenvalue weighted by Gasteiger charge is 2.10. The smallest absolute Gasteiger partial charge is 0.230 e. The molecule has 0 aliphatic carbocycles. The van der Waals surface area contributed by atoms with Gasteiger partial charge in [0.05, 0.1) is 6.42 Å². The number of aromatic nitrogens is 2. The van der Waals surface area contributed by atoms with E-state index in [0.717, 1.165) is 5.56 Å². The van der Waals surface area contributed by atoms with Gasteiger partial charge in [-0.15, -0.1) is 0 Å². The molecule has 0 saturated heterocycles. The molecule has 0 unspecified atom stereocenters. The van der Waals surface area contributed by atoms with Gasteiger partial charge in [-0.3, -0.25) is 9.48 Å². The summed E-state index contributed by atoms with van der Waals surface area (Å²) in [4.78, 5) is 11.8. The van der Waals surface area contributed by atoms with Gasteiger partial charge in [0.1, 0.15) is 11.6 Å². The van der Waals surface area contributed by atoms with Crippen LogP contribution in [0.4, 0.5) is 5.82 Å². The van der Waals surface area contributed by atoms with Crippen LogP contribution in [0.3, 0.4) is 0 Å². The minimum atomic E-state index is -0.184. The van der Waals surface area contributed by atoms with Crippen molar-refractivity contribution in [3.63, 3.8) is 0 Å². The summed E-state index contributed by atoms with van der Waals surface area (Å²) in [6, 6.07) is 11.4. The number of hydrogen-bond acceptors (Lipinski definition) is 3. The number of aryl methyl sites for hydroxylation is 1. The van der Waals surface area contributed by atoms with Crippen LogP contribution in [0.2, 0.25) is 0 Å². The first-order valence-corrected chi connectivity index (χ1v) is 5.46. The lowest BCUT2D eigenvalue weighted by Crippen LogP contribution is -2.15. The van der Waals surface area contributed by atoms with Crippen LogP contribution in [0.15, 0.2) is 36.5 Å². The van der Waals surface area contributed by atoms with E-state index in [9.17, 15) is 4.79 Å². The Labute approximate surface area is 105 Å². The highest BCUT2D eigenvalue weighted by molar-refractivity contribution is 5.92. The summed E-state index contributed by atoms with van der Waals surface area (Å²) >= 11 is 0. The van der Waals surface area contributed by atoms with Crippen molar-refractivity contribution in [3.05, 3.63) is 47.7 Å². The Morgan fingerprint density at radius 1 is 1.44 bits per heavy atom. The minimum absolute atomic E-state index is 0.184. The molecule has 1 N–H and O–H groups in total. The average molecular weight is 240 g/mol. The Balaban J connectivity index is 2.06. The monoisotopic (exact) mass is 240 g/mol. The third kappa shape index (κ3) is 2.74. The molecule has 1 amide bonds. The SMILES string of the molecule is Cn1cc(C#N)c(NC(=O)Cc2ccccc2)n1. The zero-order chi connectivity index (χ0) is 13.0. The number of carbonyl (C=O) groups excluding carboxylic acids is 1. The molecule has 0 atom stereocenters. The number of nitrogens with one attached hydrogen (secondary N) is 1. The second-order valence-corrected chi connectivity index (χ2v) is 3.89. The average Bonchev–Trinajstić information content (AvgIpc) is 2.70. The summed E-state index contributed by atoms with van der Waals surface area (Å²) in [6.07, 6.45) is 1.83. The maximum Gasteiger partial charge on any atom is 0.230 e. The molecule has 0 aliphatic heterocycles. The first-order valence-electron chi connectivity index (χ1n) is 5.46. The van der Waals surface area contributed by atoms with Crippen LogP contribution >= 0.6 is 0 Å². The third-order valence-electron chi connectivity index (χ3n) is 2.41. The fraction of sp³-hybridized carbons (Fsp3) is 0.154. The van der Waals surface area contributed by atoms with E-state index in [1.807, 2.05) is 36.4 Å². The van der Waals surface area contributed by atoms with Crippen molar-refractivity contribution in [1.82, 2.24) is 9.78 Å². The van der Waals surface area contributed by atoms with E-state index in [-0.39, 0.29) is 12.3 Å². The first-order chi connectivity index (χ1) is 8.69. The Kier molecular flexibility index (Phi) is 3.39. The van der Waals surface area contributed by atoms with Gasteiger partial charge >= 0.3 is 0 Å². The zero-order valence-corrected chi connectivity index (χ0v) is 9.92. The van der Waals surface area contributed by atoms with Gasteiger partial charge in [-0.05, 0) is 5.56 Å². The summed E-state index contributed by atoms with van der Waals surface area (Å²) in [6.45, 7) is 0.